The van der Waals surface area contributed by atoms with Crippen molar-refractivity contribution in [2.24, 2.45) is 0 Å². The molecular formula is C75H94N6O11. The van der Waals surface area contributed by atoms with Gasteiger partial charge in [0, 0.05) is 49.7 Å². The van der Waals surface area contributed by atoms with Gasteiger partial charge in [0.05, 0.1) is 47.3 Å². The summed E-state index contributed by atoms with van der Waals surface area (Å²) in [6, 6.07) is 13.7. The van der Waals surface area contributed by atoms with Gasteiger partial charge in [-0.15, -0.1) is 0 Å². The standard InChI is InChI=1S/C75H94N6O11/c1-17-52-32-48(33-53(18-2)68(52)77-62(84)26-27-63(77)85)30-50-36-56(21-5)70(57(22-6)37-50)79-66(88)40-60(72(79)90)76(46(12)82)44(10)42-75(16,25-9)92-45(11)43-74(14,15)81(47(13)83)61-41-67(89)80(73(61)91)71-58(23-7)38-51(39-59(71)24-8)31-49-34-54(19-3)69(55(20-4)35-49)78-64(86)28-29-65(78)87/h26-29,32-39,44-45,60-61H,17-25,30-31,40-43H2,1-16H3. The molecule has 4 aliphatic rings. The Balaban J connectivity index is 0.966. The maximum atomic E-state index is 15.0. The van der Waals surface area contributed by atoms with Crippen LogP contribution < -0.4 is 19.6 Å². The molecule has 4 aromatic rings. The smallest absolute Gasteiger partial charge is 0.258 e. The van der Waals surface area contributed by atoms with E-state index in [1.54, 1.807) is 0 Å². The molecule has 0 radical (unpaired) electrons. The van der Waals surface area contributed by atoms with Crippen LogP contribution in [0.3, 0.4) is 0 Å². The minimum absolute atomic E-state index is 0.191. The number of anilines is 4. The number of nitrogens with zero attached hydrogens (tertiary/aromatic N) is 6. The molecule has 17 heteroatoms. The Morgan fingerprint density at radius 2 is 0.750 bits per heavy atom. The summed E-state index contributed by atoms with van der Waals surface area (Å²) in [6.45, 7) is 30.3. The molecule has 2 saturated heterocycles. The van der Waals surface area contributed by atoms with Gasteiger partial charge in [0.1, 0.15) is 12.1 Å². The minimum atomic E-state index is -1.08. The highest BCUT2D eigenvalue weighted by molar-refractivity contribution is 6.30. The molecule has 0 aliphatic carbocycles. The molecule has 0 spiro atoms. The number of carbonyl (C=O) groups excluding carboxylic acids is 10. The molecule has 5 atom stereocenters. The fraction of sp³-hybridized carbons (Fsp3) is 0.493. The molecule has 490 valence electrons. The molecule has 4 heterocycles. The van der Waals surface area contributed by atoms with Crippen molar-refractivity contribution < 1.29 is 52.7 Å². The van der Waals surface area contributed by atoms with E-state index in [0.717, 1.165) is 66.8 Å². The molecular weight excluding hydrogens is 1160 g/mol. The highest BCUT2D eigenvalue weighted by Crippen LogP contribution is 2.41. The fourth-order valence-corrected chi connectivity index (χ4v) is 15.1. The van der Waals surface area contributed by atoms with Crippen molar-refractivity contribution in [2.45, 2.75) is 242 Å². The second-order valence-corrected chi connectivity index (χ2v) is 26.1. The Bertz CT molecular complexity index is 3590. The average molecular weight is 1260 g/mol. The van der Waals surface area contributed by atoms with Crippen LogP contribution in [0.1, 0.15) is 210 Å². The molecule has 4 aromatic carbocycles. The van der Waals surface area contributed by atoms with Crippen LogP contribution in [0.15, 0.2) is 72.8 Å². The minimum Gasteiger partial charge on any atom is -0.372 e. The van der Waals surface area contributed by atoms with E-state index in [2.05, 4.69) is 24.3 Å². The normalized spacial score (nSPS) is 18.2. The summed E-state index contributed by atoms with van der Waals surface area (Å²) in [6.07, 6.45) is 11.0. The second kappa shape index (κ2) is 28.4. The van der Waals surface area contributed by atoms with E-state index < -0.39 is 59.0 Å². The molecule has 0 saturated carbocycles. The molecule has 17 nitrogen and oxygen atoms in total. The summed E-state index contributed by atoms with van der Waals surface area (Å²) >= 11 is 0. The summed E-state index contributed by atoms with van der Waals surface area (Å²) in [5, 5.41) is 0. The van der Waals surface area contributed by atoms with Crippen LogP contribution in [0, 0.1) is 0 Å². The van der Waals surface area contributed by atoms with E-state index in [1.807, 2.05) is 121 Å². The van der Waals surface area contributed by atoms with Gasteiger partial charge in [-0.1, -0.05) is 111 Å². The lowest BCUT2D eigenvalue weighted by molar-refractivity contribution is -0.149. The van der Waals surface area contributed by atoms with Gasteiger partial charge in [0.25, 0.3) is 35.4 Å². The lowest BCUT2D eigenvalue weighted by Crippen LogP contribution is -2.56. The van der Waals surface area contributed by atoms with E-state index in [4.69, 9.17) is 4.74 Å². The van der Waals surface area contributed by atoms with Gasteiger partial charge in [0.2, 0.25) is 23.6 Å². The van der Waals surface area contributed by atoms with Gasteiger partial charge in [-0.25, -0.2) is 19.6 Å². The van der Waals surface area contributed by atoms with Crippen molar-refractivity contribution in [2.75, 3.05) is 19.6 Å². The number of hydrogen-bond acceptors (Lipinski definition) is 11. The molecule has 2 fully saturated rings. The number of ether oxygens (including phenoxy) is 1. The summed E-state index contributed by atoms with van der Waals surface area (Å²) in [7, 11) is 0. The van der Waals surface area contributed by atoms with Crippen LogP contribution in [-0.2, 0) is 117 Å². The predicted molar refractivity (Wildman–Crippen MR) is 359 cm³/mol. The first kappa shape index (κ1) is 69.7. The van der Waals surface area contributed by atoms with Crippen LogP contribution in [0.25, 0.3) is 0 Å². The van der Waals surface area contributed by atoms with Crippen molar-refractivity contribution in [3.8, 4) is 0 Å². The number of aryl methyl sites for hydroxylation is 8. The SMILES string of the molecule is CCc1cc(Cc2cc(CC)c(N3C(=O)CC(N(C(C)=O)C(C)CC(C)(CC)OC(C)CC(C)(C)N(C(C)=O)C4CC(=O)N(c5c(CC)cc(Cc6cc(CC)c(N7C(=O)C=CC7=O)c(CC)c6)cc5CC)C4=O)C3=O)c(CC)c2)cc(CC)c1N1C(=O)C=CC1=O. The van der Waals surface area contributed by atoms with Gasteiger partial charge < -0.3 is 14.5 Å². The number of hydrogen-bond donors (Lipinski definition) is 0. The van der Waals surface area contributed by atoms with Crippen LogP contribution in [0.4, 0.5) is 22.7 Å². The summed E-state index contributed by atoms with van der Waals surface area (Å²) in [4.78, 5) is 146. The number of rotatable bonds is 27. The van der Waals surface area contributed by atoms with Crippen LogP contribution >= 0.6 is 0 Å². The first-order valence-corrected chi connectivity index (χ1v) is 33.3. The number of amides is 10. The Morgan fingerprint density at radius 3 is 1.03 bits per heavy atom. The molecule has 0 aromatic heterocycles. The van der Waals surface area contributed by atoms with E-state index in [1.165, 1.54) is 67.6 Å². The maximum absolute atomic E-state index is 15.0. The van der Waals surface area contributed by atoms with Crippen LogP contribution in [0.5, 0.6) is 0 Å². The topological polar surface area (TPSA) is 199 Å². The third kappa shape index (κ3) is 13.7. The Hall–Kier alpha value is -8.18. The zero-order chi connectivity index (χ0) is 67.6. The van der Waals surface area contributed by atoms with E-state index in [9.17, 15) is 47.9 Å². The third-order valence-corrected chi connectivity index (χ3v) is 19.2. The zero-order valence-electron chi connectivity index (χ0n) is 57.0. The average Bonchev–Trinajstić information content (AvgIpc) is 1.55. The van der Waals surface area contributed by atoms with Gasteiger partial charge >= 0.3 is 0 Å². The molecule has 4 aliphatic heterocycles. The van der Waals surface area contributed by atoms with Gasteiger partial charge in [0.15, 0.2) is 0 Å². The molecule has 8 rings (SSSR count). The van der Waals surface area contributed by atoms with E-state index >= 15 is 0 Å². The highest BCUT2D eigenvalue weighted by atomic mass is 16.5. The first-order valence-electron chi connectivity index (χ1n) is 33.3. The van der Waals surface area contributed by atoms with Gasteiger partial charge in [-0.3, -0.25) is 47.9 Å². The molecule has 0 bridgehead atoms. The zero-order valence-corrected chi connectivity index (χ0v) is 57.0. The van der Waals surface area contributed by atoms with Gasteiger partial charge in [-0.2, -0.15) is 0 Å². The Labute approximate surface area is 543 Å². The second-order valence-electron chi connectivity index (χ2n) is 26.1. The molecule has 0 N–H and O–H groups in total. The van der Waals surface area contributed by atoms with Crippen LogP contribution in [-0.4, -0.2) is 104 Å². The molecule has 10 amide bonds. The van der Waals surface area contributed by atoms with Crippen molar-refractivity contribution in [1.82, 2.24) is 9.80 Å². The van der Waals surface area contributed by atoms with Gasteiger partial charge in [-0.05, 0) is 185 Å². The van der Waals surface area contributed by atoms with E-state index in [0.29, 0.717) is 99.8 Å². The monoisotopic (exact) mass is 1250 g/mol. The quantitative estimate of drug-likeness (QED) is 0.0515. The lowest BCUT2D eigenvalue weighted by atomic mass is 9.90. The van der Waals surface area contributed by atoms with Crippen molar-refractivity contribution in [1.29, 1.82) is 0 Å². The number of benzene rings is 4. The van der Waals surface area contributed by atoms with Crippen molar-refractivity contribution >= 4 is 81.8 Å². The summed E-state index contributed by atoms with van der Waals surface area (Å²) in [5.74, 6) is -3.89. The Kier molecular flexibility index (Phi) is 21.5. The van der Waals surface area contributed by atoms with E-state index in [-0.39, 0.29) is 54.7 Å². The Morgan fingerprint density at radius 1 is 0.457 bits per heavy atom. The molecule has 92 heavy (non-hydrogen) atoms. The highest BCUT2D eigenvalue weighted by Gasteiger charge is 2.51. The van der Waals surface area contributed by atoms with Crippen molar-refractivity contribution in [3.63, 3.8) is 0 Å². The summed E-state index contributed by atoms with van der Waals surface area (Å²) in [5.41, 5.74) is 11.4. The number of carbonyl (C=O) groups is 10. The predicted octanol–water partition coefficient (Wildman–Crippen LogP) is 11.4. The largest absolute Gasteiger partial charge is 0.372 e. The number of imide groups is 4. The first-order chi connectivity index (χ1) is 43.6. The van der Waals surface area contributed by atoms with Crippen LogP contribution in [0.2, 0.25) is 0 Å². The van der Waals surface area contributed by atoms with Crippen molar-refractivity contribution in [3.05, 3.63) is 140 Å². The summed E-state index contributed by atoms with van der Waals surface area (Å²) < 4.78 is 6.95. The lowest BCUT2D eigenvalue weighted by Gasteiger charge is -2.44. The fourth-order valence-electron chi connectivity index (χ4n) is 15.1. The maximum Gasteiger partial charge on any atom is 0.258 e. The third-order valence-electron chi connectivity index (χ3n) is 19.2. The molecule has 5 unspecified atom stereocenters.